The highest BCUT2D eigenvalue weighted by atomic mass is 19.1. The van der Waals surface area contributed by atoms with E-state index < -0.39 is 0 Å². The minimum atomic E-state index is -0.246. The van der Waals surface area contributed by atoms with E-state index in [9.17, 15) is 9.50 Å². The number of aryl methyl sites for hydroxylation is 1. The van der Waals surface area contributed by atoms with Crippen molar-refractivity contribution in [3.05, 3.63) is 29.6 Å². The zero-order valence-corrected chi connectivity index (χ0v) is 13.6. The Kier molecular flexibility index (Phi) is 7.12. The van der Waals surface area contributed by atoms with Crippen LogP contribution in [0.15, 0.2) is 18.2 Å². The van der Waals surface area contributed by atoms with Gasteiger partial charge in [-0.15, -0.1) is 0 Å². The SMILES string of the molecule is Cc1ccc(OCCCCC(C)(CO)NC(C)C)cc1F. The van der Waals surface area contributed by atoms with Gasteiger partial charge in [-0.1, -0.05) is 19.9 Å². The molecule has 21 heavy (non-hydrogen) atoms. The summed E-state index contributed by atoms with van der Waals surface area (Å²) in [7, 11) is 0. The Labute approximate surface area is 127 Å². The minimum Gasteiger partial charge on any atom is -0.493 e. The molecule has 0 saturated carbocycles. The summed E-state index contributed by atoms with van der Waals surface area (Å²) in [4.78, 5) is 0. The lowest BCUT2D eigenvalue weighted by Crippen LogP contribution is -2.49. The Morgan fingerprint density at radius 1 is 1.33 bits per heavy atom. The van der Waals surface area contributed by atoms with Crippen molar-refractivity contribution in [3.63, 3.8) is 0 Å². The molecule has 0 radical (unpaired) electrons. The van der Waals surface area contributed by atoms with E-state index >= 15 is 0 Å². The first-order valence-corrected chi connectivity index (χ1v) is 7.64. The number of unbranched alkanes of at least 4 members (excludes halogenated alkanes) is 1. The molecule has 3 nitrogen and oxygen atoms in total. The molecular formula is C17H28FNO2. The van der Waals surface area contributed by atoms with Crippen LogP contribution in [0.3, 0.4) is 0 Å². The normalized spacial score (nSPS) is 14.2. The predicted molar refractivity (Wildman–Crippen MR) is 84.2 cm³/mol. The Balaban J connectivity index is 2.29. The number of nitrogens with one attached hydrogen (secondary N) is 1. The average molecular weight is 297 g/mol. The summed E-state index contributed by atoms with van der Waals surface area (Å²) < 4.78 is 18.9. The van der Waals surface area contributed by atoms with Crippen LogP contribution in [-0.2, 0) is 0 Å². The number of halogens is 1. The molecule has 0 aromatic heterocycles. The van der Waals surface area contributed by atoms with Gasteiger partial charge in [0.1, 0.15) is 11.6 Å². The zero-order valence-electron chi connectivity index (χ0n) is 13.6. The fraction of sp³-hybridized carbons (Fsp3) is 0.647. The number of hydrogen-bond donors (Lipinski definition) is 2. The Bertz CT molecular complexity index is 437. The van der Waals surface area contributed by atoms with Crippen LogP contribution in [-0.4, -0.2) is 29.9 Å². The standard InChI is InChI=1S/C17H28FNO2/c1-13(2)19-17(4,12-20)9-5-6-10-21-15-8-7-14(3)16(18)11-15/h7-8,11,13,19-20H,5-6,9-10,12H2,1-4H3. The summed E-state index contributed by atoms with van der Waals surface area (Å²) >= 11 is 0. The largest absolute Gasteiger partial charge is 0.493 e. The molecule has 1 aromatic carbocycles. The highest BCUT2D eigenvalue weighted by Gasteiger charge is 2.22. The molecule has 1 atom stereocenters. The summed E-state index contributed by atoms with van der Waals surface area (Å²) in [6.07, 6.45) is 2.71. The molecule has 1 aromatic rings. The maximum absolute atomic E-state index is 13.4. The average Bonchev–Trinajstić information content (AvgIpc) is 2.41. The second kappa shape index (κ2) is 8.35. The topological polar surface area (TPSA) is 41.5 Å². The molecule has 0 spiro atoms. The summed E-state index contributed by atoms with van der Waals surface area (Å²) in [5, 5.41) is 12.9. The Morgan fingerprint density at radius 2 is 2.05 bits per heavy atom. The predicted octanol–water partition coefficient (Wildman–Crippen LogP) is 3.43. The van der Waals surface area contributed by atoms with Crippen LogP contribution in [0.25, 0.3) is 0 Å². The van der Waals surface area contributed by atoms with E-state index in [0.29, 0.717) is 24.0 Å². The van der Waals surface area contributed by atoms with E-state index in [-0.39, 0.29) is 18.0 Å². The van der Waals surface area contributed by atoms with E-state index in [2.05, 4.69) is 19.2 Å². The molecule has 0 amide bonds. The maximum Gasteiger partial charge on any atom is 0.129 e. The number of aliphatic hydroxyl groups is 1. The van der Waals surface area contributed by atoms with Gasteiger partial charge >= 0.3 is 0 Å². The first-order valence-electron chi connectivity index (χ1n) is 7.64. The lowest BCUT2D eigenvalue weighted by molar-refractivity contribution is 0.152. The highest BCUT2D eigenvalue weighted by molar-refractivity contribution is 5.27. The molecule has 2 N–H and O–H groups in total. The lowest BCUT2D eigenvalue weighted by Gasteiger charge is -2.31. The molecule has 0 saturated heterocycles. The van der Waals surface area contributed by atoms with Crippen LogP contribution in [0, 0.1) is 12.7 Å². The first kappa shape index (κ1) is 17.9. The molecule has 0 bridgehead atoms. The van der Waals surface area contributed by atoms with Gasteiger partial charge in [0.2, 0.25) is 0 Å². The number of benzene rings is 1. The van der Waals surface area contributed by atoms with Gasteiger partial charge in [0.25, 0.3) is 0 Å². The smallest absolute Gasteiger partial charge is 0.129 e. The second-order valence-electron chi connectivity index (χ2n) is 6.23. The molecule has 4 heteroatoms. The van der Waals surface area contributed by atoms with Gasteiger partial charge in [-0.25, -0.2) is 4.39 Å². The van der Waals surface area contributed by atoms with Gasteiger partial charge in [0.15, 0.2) is 0 Å². The highest BCUT2D eigenvalue weighted by Crippen LogP contribution is 2.17. The third kappa shape index (κ3) is 6.44. The summed E-state index contributed by atoms with van der Waals surface area (Å²) in [6, 6.07) is 5.28. The van der Waals surface area contributed by atoms with E-state index in [1.165, 1.54) is 6.07 Å². The summed E-state index contributed by atoms with van der Waals surface area (Å²) in [6.45, 7) is 8.59. The third-order valence-electron chi connectivity index (χ3n) is 3.52. The van der Waals surface area contributed by atoms with Crippen molar-refractivity contribution in [2.75, 3.05) is 13.2 Å². The van der Waals surface area contributed by atoms with Gasteiger partial charge in [-0.2, -0.15) is 0 Å². The number of rotatable bonds is 9. The quantitative estimate of drug-likeness (QED) is 0.686. The van der Waals surface area contributed by atoms with Crippen molar-refractivity contribution in [1.82, 2.24) is 5.32 Å². The van der Waals surface area contributed by atoms with Crippen molar-refractivity contribution in [2.45, 2.75) is 58.5 Å². The lowest BCUT2D eigenvalue weighted by atomic mass is 9.95. The van der Waals surface area contributed by atoms with Crippen molar-refractivity contribution in [1.29, 1.82) is 0 Å². The van der Waals surface area contributed by atoms with Crippen molar-refractivity contribution in [3.8, 4) is 5.75 Å². The Morgan fingerprint density at radius 3 is 2.62 bits per heavy atom. The van der Waals surface area contributed by atoms with Crippen LogP contribution >= 0.6 is 0 Å². The van der Waals surface area contributed by atoms with Crippen molar-refractivity contribution in [2.24, 2.45) is 0 Å². The fourth-order valence-electron chi connectivity index (χ4n) is 2.36. The van der Waals surface area contributed by atoms with Crippen LogP contribution in [0.5, 0.6) is 5.75 Å². The molecule has 120 valence electrons. The van der Waals surface area contributed by atoms with E-state index in [1.54, 1.807) is 19.1 Å². The number of hydrogen-bond acceptors (Lipinski definition) is 3. The van der Waals surface area contributed by atoms with Gasteiger partial charge in [-0.05, 0) is 44.7 Å². The number of ether oxygens (including phenoxy) is 1. The maximum atomic E-state index is 13.4. The molecule has 1 rings (SSSR count). The molecular weight excluding hydrogens is 269 g/mol. The van der Waals surface area contributed by atoms with Crippen molar-refractivity contribution >= 4 is 0 Å². The van der Waals surface area contributed by atoms with Gasteiger partial charge in [0.05, 0.1) is 13.2 Å². The van der Waals surface area contributed by atoms with E-state index in [0.717, 1.165) is 19.3 Å². The van der Waals surface area contributed by atoms with Gasteiger partial charge in [0, 0.05) is 17.6 Å². The molecule has 0 aliphatic carbocycles. The Hall–Kier alpha value is -1.13. The molecule has 0 fully saturated rings. The molecule has 0 heterocycles. The van der Waals surface area contributed by atoms with Crippen molar-refractivity contribution < 1.29 is 14.2 Å². The monoisotopic (exact) mass is 297 g/mol. The third-order valence-corrected chi connectivity index (χ3v) is 3.52. The summed E-state index contributed by atoms with van der Waals surface area (Å²) in [5.74, 6) is 0.338. The summed E-state index contributed by atoms with van der Waals surface area (Å²) in [5.41, 5.74) is 0.380. The van der Waals surface area contributed by atoms with Crippen LogP contribution in [0.2, 0.25) is 0 Å². The van der Waals surface area contributed by atoms with Gasteiger partial charge < -0.3 is 15.2 Å². The van der Waals surface area contributed by atoms with Crippen LogP contribution in [0.4, 0.5) is 4.39 Å². The zero-order chi connectivity index (χ0) is 15.9. The first-order chi connectivity index (χ1) is 9.86. The fourth-order valence-corrected chi connectivity index (χ4v) is 2.36. The van der Waals surface area contributed by atoms with Crippen LogP contribution < -0.4 is 10.1 Å². The molecule has 0 aliphatic rings. The molecule has 1 unspecified atom stereocenters. The number of aliphatic hydroxyl groups excluding tert-OH is 1. The molecule has 0 aliphatic heterocycles. The van der Waals surface area contributed by atoms with Gasteiger partial charge in [-0.3, -0.25) is 0 Å². The van der Waals surface area contributed by atoms with E-state index in [1.807, 2.05) is 6.92 Å². The van der Waals surface area contributed by atoms with Crippen LogP contribution in [0.1, 0.15) is 45.6 Å². The van der Waals surface area contributed by atoms with E-state index in [4.69, 9.17) is 4.74 Å². The minimum absolute atomic E-state index is 0.120. The second-order valence-corrected chi connectivity index (χ2v) is 6.23.